The van der Waals surface area contributed by atoms with Crippen LogP contribution in [0.5, 0.6) is 0 Å². The number of nitrogens with zero attached hydrogens (tertiary/aromatic N) is 3. The predicted molar refractivity (Wildman–Crippen MR) is 71.5 cm³/mol. The molecular formula is C11H18N6O2. The zero-order chi connectivity index (χ0) is 13.8. The van der Waals surface area contributed by atoms with Gasteiger partial charge < -0.3 is 10.7 Å². The molecule has 1 saturated carbocycles. The topological polar surface area (TPSA) is 119 Å². The molecule has 0 bridgehead atoms. The van der Waals surface area contributed by atoms with E-state index in [9.17, 15) is 10.1 Å². The minimum atomic E-state index is -0.524. The van der Waals surface area contributed by atoms with Crippen molar-refractivity contribution >= 4 is 17.3 Å². The van der Waals surface area contributed by atoms with Crippen LogP contribution in [0.15, 0.2) is 6.33 Å². The van der Waals surface area contributed by atoms with E-state index in [1.54, 1.807) is 0 Å². The average molecular weight is 266 g/mol. The van der Waals surface area contributed by atoms with Gasteiger partial charge in [-0.25, -0.2) is 15.8 Å². The molecule has 2 unspecified atom stereocenters. The minimum Gasteiger partial charge on any atom is -0.361 e. The monoisotopic (exact) mass is 266 g/mol. The predicted octanol–water partition coefficient (Wildman–Crippen LogP) is 1.66. The van der Waals surface area contributed by atoms with Crippen molar-refractivity contribution in [1.29, 1.82) is 0 Å². The number of hydrogen-bond donors (Lipinski definition) is 3. The van der Waals surface area contributed by atoms with Crippen molar-refractivity contribution in [2.24, 2.45) is 11.8 Å². The van der Waals surface area contributed by atoms with E-state index in [-0.39, 0.29) is 23.4 Å². The summed E-state index contributed by atoms with van der Waals surface area (Å²) in [6, 6.07) is 0.211. The van der Waals surface area contributed by atoms with Gasteiger partial charge in [0.15, 0.2) is 0 Å². The molecule has 1 heterocycles. The number of nitro groups is 1. The maximum atomic E-state index is 11.1. The van der Waals surface area contributed by atoms with Crippen LogP contribution in [-0.2, 0) is 0 Å². The second-order valence-electron chi connectivity index (χ2n) is 4.93. The lowest BCUT2D eigenvalue weighted by atomic mass is 9.87. The Hall–Kier alpha value is -1.96. The molecule has 1 fully saturated rings. The number of nitrogens with one attached hydrogen (secondary N) is 2. The number of hydrogen-bond acceptors (Lipinski definition) is 7. The third kappa shape index (κ3) is 3.08. The number of anilines is 2. The van der Waals surface area contributed by atoms with E-state index < -0.39 is 4.92 Å². The van der Waals surface area contributed by atoms with Crippen molar-refractivity contribution in [3.8, 4) is 0 Å². The Labute approximate surface area is 110 Å². The van der Waals surface area contributed by atoms with Crippen molar-refractivity contribution in [3.05, 3.63) is 16.4 Å². The van der Waals surface area contributed by atoms with Crippen molar-refractivity contribution in [1.82, 2.24) is 9.97 Å². The van der Waals surface area contributed by atoms with Gasteiger partial charge in [-0.1, -0.05) is 19.8 Å². The van der Waals surface area contributed by atoms with Crippen LogP contribution in [0.25, 0.3) is 0 Å². The van der Waals surface area contributed by atoms with Crippen LogP contribution in [0.2, 0.25) is 0 Å². The summed E-state index contributed by atoms with van der Waals surface area (Å²) in [5, 5.41) is 14.2. The smallest absolute Gasteiger partial charge is 0.354 e. The van der Waals surface area contributed by atoms with Gasteiger partial charge in [0.05, 0.1) is 4.92 Å². The van der Waals surface area contributed by atoms with Gasteiger partial charge in [0.1, 0.15) is 6.33 Å². The van der Waals surface area contributed by atoms with Gasteiger partial charge in [0, 0.05) is 6.04 Å². The second kappa shape index (κ2) is 5.79. The maximum Gasteiger partial charge on any atom is 0.354 e. The molecule has 1 aliphatic rings. The molecule has 8 heteroatoms. The van der Waals surface area contributed by atoms with Gasteiger partial charge >= 0.3 is 5.69 Å². The van der Waals surface area contributed by atoms with Gasteiger partial charge in [-0.15, -0.1) is 0 Å². The van der Waals surface area contributed by atoms with Crippen LogP contribution >= 0.6 is 0 Å². The molecule has 0 spiro atoms. The van der Waals surface area contributed by atoms with E-state index in [0.29, 0.717) is 5.92 Å². The van der Waals surface area contributed by atoms with Crippen LogP contribution in [0, 0.1) is 16.0 Å². The molecule has 1 aromatic heterocycles. The SMILES string of the molecule is CC1CCCC(Nc2ncnc(NN)c2[N+](=O)[O-])C1. The fraction of sp³-hybridized carbons (Fsp3) is 0.636. The summed E-state index contributed by atoms with van der Waals surface area (Å²) in [6.07, 6.45) is 5.58. The molecule has 1 aliphatic carbocycles. The lowest BCUT2D eigenvalue weighted by Gasteiger charge is -2.27. The average Bonchev–Trinajstić information content (AvgIpc) is 2.38. The molecule has 0 aliphatic heterocycles. The number of aromatic nitrogens is 2. The summed E-state index contributed by atoms with van der Waals surface area (Å²) in [5.41, 5.74) is 2.03. The Kier molecular flexibility index (Phi) is 4.10. The first-order valence-electron chi connectivity index (χ1n) is 6.34. The van der Waals surface area contributed by atoms with Crippen molar-refractivity contribution in [2.75, 3.05) is 10.7 Å². The molecule has 2 rings (SSSR count). The number of rotatable bonds is 4. The summed E-state index contributed by atoms with van der Waals surface area (Å²) in [4.78, 5) is 18.3. The highest BCUT2D eigenvalue weighted by atomic mass is 16.6. The van der Waals surface area contributed by atoms with Crippen molar-refractivity contribution in [2.45, 2.75) is 38.6 Å². The Morgan fingerprint density at radius 1 is 1.42 bits per heavy atom. The molecule has 0 amide bonds. The number of nitrogens with two attached hydrogens (primary N) is 1. The lowest BCUT2D eigenvalue weighted by molar-refractivity contribution is -0.383. The molecule has 0 radical (unpaired) electrons. The molecule has 19 heavy (non-hydrogen) atoms. The molecular weight excluding hydrogens is 248 g/mol. The molecule has 1 aromatic rings. The van der Waals surface area contributed by atoms with Crippen LogP contribution in [0.1, 0.15) is 32.6 Å². The van der Waals surface area contributed by atoms with Crippen LogP contribution in [-0.4, -0.2) is 20.9 Å². The maximum absolute atomic E-state index is 11.1. The summed E-state index contributed by atoms with van der Waals surface area (Å²) >= 11 is 0. The summed E-state index contributed by atoms with van der Waals surface area (Å²) in [5.74, 6) is 6.11. The summed E-state index contributed by atoms with van der Waals surface area (Å²) < 4.78 is 0. The normalized spacial score (nSPS) is 22.8. The first-order chi connectivity index (χ1) is 9.11. The van der Waals surface area contributed by atoms with E-state index in [1.165, 1.54) is 12.7 Å². The largest absolute Gasteiger partial charge is 0.361 e. The van der Waals surface area contributed by atoms with Gasteiger partial charge in [-0.3, -0.25) is 10.1 Å². The molecule has 8 nitrogen and oxygen atoms in total. The Morgan fingerprint density at radius 3 is 2.79 bits per heavy atom. The number of hydrazine groups is 1. The minimum absolute atomic E-state index is 0.0198. The number of nitrogen functional groups attached to an aromatic ring is 1. The third-order valence-electron chi connectivity index (χ3n) is 3.42. The quantitative estimate of drug-likeness (QED) is 0.430. The highest BCUT2D eigenvalue weighted by molar-refractivity contribution is 5.69. The van der Waals surface area contributed by atoms with E-state index in [4.69, 9.17) is 5.84 Å². The van der Waals surface area contributed by atoms with Crippen molar-refractivity contribution in [3.63, 3.8) is 0 Å². The van der Waals surface area contributed by atoms with Gasteiger partial charge in [-0.05, 0) is 18.8 Å². The lowest BCUT2D eigenvalue weighted by Crippen LogP contribution is -2.27. The molecule has 2 atom stereocenters. The van der Waals surface area contributed by atoms with Gasteiger partial charge in [0.25, 0.3) is 0 Å². The van der Waals surface area contributed by atoms with Crippen LogP contribution in [0.3, 0.4) is 0 Å². The zero-order valence-corrected chi connectivity index (χ0v) is 10.8. The third-order valence-corrected chi connectivity index (χ3v) is 3.42. The van der Waals surface area contributed by atoms with Gasteiger partial charge in [0.2, 0.25) is 11.6 Å². The first-order valence-corrected chi connectivity index (χ1v) is 6.34. The van der Waals surface area contributed by atoms with Gasteiger partial charge in [-0.2, -0.15) is 0 Å². The van der Waals surface area contributed by atoms with E-state index in [0.717, 1.165) is 19.3 Å². The highest BCUT2D eigenvalue weighted by Crippen LogP contribution is 2.31. The Morgan fingerprint density at radius 2 is 2.16 bits per heavy atom. The molecule has 0 aromatic carbocycles. The van der Waals surface area contributed by atoms with E-state index >= 15 is 0 Å². The van der Waals surface area contributed by atoms with Crippen LogP contribution < -0.4 is 16.6 Å². The standard InChI is InChI=1S/C11H18N6O2/c1-7-3-2-4-8(5-7)15-10-9(17(18)19)11(16-12)14-6-13-10/h6-8H,2-5,12H2,1H3,(H2,13,14,15,16). The summed E-state index contributed by atoms with van der Waals surface area (Å²) in [7, 11) is 0. The first kappa shape index (κ1) is 13.5. The van der Waals surface area contributed by atoms with Crippen molar-refractivity contribution < 1.29 is 4.92 Å². The summed E-state index contributed by atoms with van der Waals surface area (Å²) in [6.45, 7) is 2.19. The van der Waals surface area contributed by atoms with E-state index in [1.807, 2.05) is 0 Å². The zero-order valence-electron chi connectivity index (χ0n) is 10.8. The molecule has 4 N–H and O–H groups in total. The molecule has 0 saturated heterocycles. The fourth-order valence-corrected chi connectivity index (χ4v) is 2.52. The fourth-order valence-electron chi connectivity index (χ4n) is 2.52. The van der Waals surface area contributed by atoms with E-state index in [2.05, 4.69) is 27.6 Å². The second-order valence-corrected chi connectivity index (χ2v) is 4.93. The van der Waals surface area contributed by atoms with Crippen LogP contribution in [0.4, 0.5) is 17.3 Å². The Bertz CT molecular complexity index is 466. The highest BCUT2D eigenvalue weighted by Gasteiger charge is 2.26. The Balaban J connectivity index is 2.21. The molecule has 104 valence electrons.